The van der Waals surface area contributed by atoms with E-state index in [9.17, 15) is 13.6 Å². The largest absolute Gasteiger partial charge is 0.352 e. The topological polar surface area (TPSA) is 55.1 Å². The number of rotatable bonds is 6. The van der Waals surface area contributed by atoms with Gasteiger partial charge in [0.05, 0.1) is 0 Å². The van der Waals surface area contributed by atoms with E-state index < -0.39 is 11.6 Å². The van der Waals surface area contributed by atoms with Crippen LogP contribution in [-0.2, 0) is 11.3 Å². The van der Waals surface area contributed by atoms with Crippen molar-refractivity contribution in [3.63, 3.8) is 0 Å². The highest BCUT2D eigenvalue weighted by Gasteiger charge is 2.09. The number of carbonyl (C=O) groups is 1. The molecule has 0 heterocycles. The summed E-state index contributed by atoms with van der Waals surface area (Å²) in [5.74, 6) is -1.51. The molecule has 0 bridgehead atoms. The smallest absolute Gasteiger partial charge is 0.221 e. The highest BCUT2D eigenvalue weighted by atomic mass is 19.1. The third kappa shape index (κ3) is 4.79. The minimum absolute atomic E-state index is 0.0454. The Labute approximate surface area is 105 Å². The van der Waals surface area contributed by atoms with Crippen molar-refractivity contribution < 1.29 is 13.6 Å². The van der Waals surface area contributed by atoms with Crippen LogP contribution < -0.4 is 11.1 Å². The maximum atomic E-state index is 13.3. The third-order valence-electron chi connectivity index (χ3n) is 2.60. The van der Waals surface area contributed by atoms with Crippen molar-refractivity contribution in [2.24, 2.45) is 5.73 Å². The Kier molecular flexibility index (Phi) is 5.71. The number of halogens is 2. The number of hydrogen-bond acceptors (Lipinski definition) is 2. The van der Waals surface area contributed by atoms with Crippen LogP contribution in [0.15, 0.2) is 18.2 Å². The van der Waals surface area contributed by atoms with Crippen molar-refractivity contribution in [3.05, 3.63) is 35.4 Å². The Morgan fingerprint density at radius 3 is 2.78 bits per heavy atom. The van der Waals surface area contributed by atoms with Crippen molar-refractivity contribution >= 4 is 5.91 Å². The number of amides is 1. The molecule has 0 spiro atoms. The minimum Gasteiger partial charge on any atom is -0.352 e. The number of benzene rings is 1. The van der Waals surface area contributed by atoms with Crippen LogP contribution in [0.2, 0.25) is 0 Å². The molecule has 3 nitrogen and oxygen atoms in total. The fourth-order valence-electron chi connectivity index (χ4n) is 1.64. The lowest BCUT2D eigenvalue weighted by Crippen LogP contribution is -2.31. The predicted molar refractivity (Wildman–Crippen MR) is 65.7 cm³/mol. The zero-order chi connectivity index (χ0) is 13.5. The van der Waals surface area contributed by atoms with Gasteiger partial charge in [0.2, 0.25) is 5.91 Å². The lowest BCUT2D eigenvalue weighted by atomic mass is 10.1. The molecule has 0 fully saturated rings. The van der Waals surface area contributed by atoms with Crippen LogP contribution in [0.4, 0.5) is 8.78 Å². The molecular formula is C13H18F2N2O. The van der Waals surface area contributed by atoms with E-state index in [1.807, 2.05) is 6.92 Å². The van der Waals surface area contributed by atoms with Crippen molar-refractivity contribution in [2.75, 3.05) is 0 Å². The Hall–Kier alpha value is -1.49. The third-order valence-corrected chi connectivity index (χ3v) is 2.60. The van der Waals surface area contributed by atoms with Gasteiger partial charge in [0.15, 0.2) is 0 Å². The average Bonchev–Trinajstić information content (AvgIpc) is 2.28. The lowest BCUT2D eigenvalue weighted by Gasteiger charge is -2.11. The number of carbonyl (C=O) groups excluding carboxylic acids is 1. The van der Waals surface area contributed by atoms with Gasteiger partial charge in [-0.05, 0) is 12.5 Å². The van der Waals surface area contributed by atoms with Gasteiger partial charge in [0.1, 0.15) is 11.6 Å². The molecule has 0 radical (unpaired) electrons. The molecule has 0 aromatic heterocycles. The first-order valence-electron chi connectivity index (χ1n) is 5.99. The number of nitrogens with two attached hydrogens (primary N) is 1. The van der Waals surface area contributed by atoms with Gasteiger partial charge in [-0.25, -0.2) is 8.78 Å². The second-order valence-corrected chi connectivity index (χ2v) is 4.27. The molecule has 5 heteroatoms. The summed E-state index contributed by atoms with van der Waals surface area (Å²) in [7, 11) is 0. The molecule has 1 aromatic carbocycles. The Bertz CT molecular complexity index is 410. The molecule has 3 N–H and O–H groups in total. The SMILES string of the molecule is CCCC(N)CC(=O)NCc1ccc(F)cc1F. The van der Waals surface area contributed by atoms with Crippen LogP contribution >= 0.6 is 0 Å². The lowest BCUT2D eigenvalue weighted by molar-refractivity contribution is -0.121. The molecule has 18 heavy (non-hydrogen) atoms. The summed E-state index contributed by atoms with van der Waals surface area (Å²) in [5, 5.41) is 2.57. The van der Waals surface area contributed by atoms with Crippen LogP contribution in [-0.4, -0.2) is 11.9 Å². The molecule has 1 unspecified atom stereocenters. The van der Waals surface area contributed by atoms with E-state index in [1.54, 1.807) is 0 Å². The highest BCUT2D eigenvalue weighted by molar-refractivity contribution is 5.76. The van der Waals surface area contributed by atoms with E-state index >= 15 is 0 Å². The van der Waals surface area contributed by atoms with Gasteiger partial charge in [-0.1, -0.05) is 19.4 Å². The quantitative estimate of drug-likeness (QED) is 0.819. The van der Waals surface area contributed by atoms with Gasteiger partial charge in [-0.15, -0.1) is 0 Å². The van der Waals surface area contributed by atoms with Crippen molar-refractivity contribution in [1.82, 2.24) is 5.32 Å². The molecule has 0 aliphatic carbocycles. The first-order valence-corrected chi connectivity index (χ1v) is 5.99. The van der Waals surface area contributed by atoms with Gasteiger partial charge < -0.3 is 11.1 Å². The standard InChI is InChI=1S/C13H18F2N2O/c1-2-3-11(16)7-13(18)17-8-9-4-5-10(14)6-12(9)15/h4-6,11H,2-3,7-8,16H2,1H3,(H,17,18). The first kappa shape index (κ1) is 14.6. The molecule has 1 amide bonds. The molecule has 0 saturated carbocycles. The van der Waals surface area contributed by atoms with Gasteiger partial charge in [0, 0.05) is 30.6 Å². The summed E-state index contributed by atoms with van der Waals surface area (Å²) in [6.45, 7) is 2.04. The Morgan fingerprint density at radius 1 is 1.44 bits per heavy atom. The van der Waals surface area contributed by atoms with E-state index in [0.717, 1.165) is 25.0 Å². The average molecular weight is 256 g/mol. The summed E-state index contributed by atoms with van der Waals surface area (Å²) in [6, 6.07) is 3.10. The zero-order valence-corrected chi connectivity index (χ0v) is 10.4. The fraction of sp³-hybridized carbons (Fsp3) is 0.462. The summed E-state index contributed by atoms with van der Waals surface area (Å²) >= 11 is 0. The second-order valence-electron chi connectivity index (χ2n) is 4.27. The molecular weight excluding hydrogens is 238 g/mol. The highest BCUT2D eigenvalue weighted by Crippen LogP contribution is 2.09. The Balaban J connectivity index is 2.42. The normalized spacial score (nSPS) is 12.2. The van der Waals surface area contributed by atoms with Gasteiger partial charge in [-0.3, -0.25) is 4.79 Å². The van der Waals surface area contributed by atoms with Crippen molar-refractivity contribution in [3.8, 4) is 0 Å². The van der Waals surface area contributed by atoms with E-state index in [1.165, 1.54) is 6.07 Å². The van der Waals surface area contributed by atoms with Crippen LogP contribution in [0.25, 0.3) is 0 Å². The van der Waals surface area contributed by atoms with Gasteiger partial charge in [-0.2, -0.15) is 0 Å². The number of nitrogens with one attached hydrogen (secondary N) is 1. The number of hydrogen-bond donors (Lipinski definition) is 2. The molecule has 1 atom stereocenters. The van der Waals surface area contributed by atoms with Crippen LogP contribution in [0, 0.1) is 11.6 Å². The van der Waals surface area contributed by atoms with Crippen LogP contribution in [0.3, 0.4) is 0 Å². The van der Waals surface area contributed by atoms with E-state index in [4.69, 9.17) is 5.73 Å². The minimum atomic E-state index is -0.659. The van der Waals surface area contributed by atoms with Gasteiger partial charge >= 0.3 is 0 Å². The van der Waals surface area contributed by atoms with E-state index in [2.05, 4.69) is 5.32 Å². The molecule has 1 aromatic rings. The molecule has 1 rings (SSSR count). The molecule has 0 saturated heterocycles. The maximum Gasteiger partial charge on any atom is 0.221 e. The van der Waals surface area contributed by atoms with Crippen LogP contribution in [0.1, 0.15) is 31.7 Å². The summed E-state index contributed by atoms with van der Waals surface area (Å²) in [5.41, 5.74) is 5.98. The summed E-state index contributed by atoms with van der Waals surface area (Å²) < 4.78 is 25.9. The Morgan fingerprint density at radius 2 is 2.17 bits per heavy atom. The fourth-order valence-corrected chi connectivity index (χ4v) is 1.64. The summed E-state index contributed by atoms with van der Waals surface area (Å²) in [4.78, 5) is 11.5. The summed E-state index contributed by atoms with van der Waals surface area (Å²) in [6.07, 6.45) is 1.91. The maximum absolute atomic E-state index is 13.3. The second kappa shape index (κ2) is 7.06. The van der Waals surface area contributed by atoms with E-state index in [-0.39, 0.29) is 30.5 Å². The first-order chi connectivity index (χ1) is 8.52. The van der Waals surface area contributed by atoms with Crippen LogP contribution in [0.5, 0.6) is 0 Å². The molecule has 0 aliphatic heterocycles. The van der Waals surface area contributed by atoms with Crippen molar-refractivity contribution in [2.45, 2.75) is 38.8 Å². The predicted octanol–water partition coefficient (Wildman–Crippen LogP) is 2.10. The van der Waals surface area contributed by atoms with Gasteiger partial charge in [0.25, 0.3) is 0 Å². The molecule has 0 aliphatic rings. The van der Waals surface area contributed by atoms with E-state index in [0.29, 0.717) is 0 Å². The molecule has 100 valence electrons. The monoisotopic (exact) mass is 256 g/mol. The zero-order valence-electron chi connectivity index (χ0n) is 10.4. The van der Waals surface area contributed by atoms with Crippen molar-refractivity contribution in [1.29, 1.82) is 0 Å².